The summed E-state index contributed by atoms with van der Waals surface area (Å²) in [4.78, 5) is 33.6. The number of carbonyl (C=O) groups is 2. The molecule has 1 saturated heterocycles. The van der Waals surface area contributed by atoms with Crippen LogP contribution in [-0.2, 0) is 22.7 Å². The van der Waals surface area contributed by atoms with E-state index in [4.69, 9.17) is 4.74 Å². The number of aromatic nitrogens is 1. The van der Waals surface area contributed by atoms with E-state index in [2.05, 4.69) is 4.98 Å². The molecule has 1 aliphatic carbocycles. The lowest BCUT2D eigenvalue weighted by molar-refractivity contribution is -0.137. The van der Waals surface area contributed by atoms with Gasteiger partial charge in [0.15, 0.2) is 0 Å². The summed E-state index contributed by atoms with van der Waals surface area (Å²) < 4.78 is 5.46. The van der Waals surface area contributed by atoms with Gasteiger partial charge in [-0.1, -0.05) is 24.3 Å². The van der Waals surface area contributed by atoms with Crippen LogP contribution in [0.15, 0.2) is 48.8 Å². The Bertz CT molecular complexity index is 851. The lowest BCUT2D eigenvalue weighted by Gasteiger charge is -2.26. The molecule has 1 aliphatic heterocycles. The number of methoxy groups -OCH3 is 1. The molecule has 0 radical (unpaired) electrons. The van der Waals surface area contributed by atoms with Gasteiger partial charge in [-0.25, -0.2) is 0 Å². The molecule has 6 nitrogen and oxygen atoms in total. The number of benzene rings is 1. The van der Waals surface area contributed by atoms with Crippen molar-refractivity contribution in [3.8, 4) is 5.75 Å². The Kier molecular flexibility index (Phi) is 5.28. The Morgan fingerprint density at radius 3 is 2.75 bits per heavy atom. The number of ether oxygens (including phenoxy) is 1. The molecule has 0 spiro atoms. The van der Waals surface area contributed by atoms with E-state index in [1.807, 2.05) is 46.2 Å². The maximum atomic E-state index is 13.4. The van der Waals surface area contributed by atoms with Gasteiger partial charge in [-0.05, 0) is 30.5 Å². The van der Waals surface area contributed by atoms with Gasteiger partial charge in [0, 0.05) is 50.1 Å². The van der Waals surface area contributed by atoms with Crippen molar-refractivity contribution in [2.45, 2.75) is 38.4 Å². The number of hydrogen-bond donors (Lipinski definition) is 0. The third kappa shape index (κ3) is 4.01. The standard InChI is InChI=1S/C22H25N3O3/c1-28-20-7-3-2-6-17(20)14-24(13-16-5-4-10-23-12-16)22(27)18-11-21(26)25(15-18)19-8-9-19/h2-7,10,12,18-19H,8-9,11,13-15H2,1H3/t18-/m1/s1. The first-order chi connectivity index (χ1) is 13.7. The number of rotatable bonds is 7. The molecule has 1 aromatic carbocycles. The van der Waals surface area contributed by atoms with Gasteiger partial charge in [-0.2, -0.15) is 0 Å². The van der Waals surface area contributed by atoms with Crippen LogP contribution in [0.1, 0.15) is 30.4 Å². The average Bonchev–Trinajstić information content (AvgIpc) is 3.49. The van der Waals surface area contributed by atoms with Crippen LogP contribution in [0.3, 0.4) is 0 Å². The summed E-state index contributed by atoms with van der Waals surface area (Å²) in [7, 11) is 1.63. The van der Waals surface area contributed by atoms with E-state index in [0.717, 1.165) is 29.7 Å². The minimum absolute atomic E-state index is 0.0197. The number of amides is 2. The molecule has 146 valence electrons. The molecule has 1 saturated carbocycles. The van der Waals surface area contributed by atoms with Crippen molar-refractivity contribution in [2.75, 3.05) is 13.7 Å². The zero-order valence-electron chi connectivity index (χ0n) is 16.1. The SMILES string of the molecule is COc1ccccc1CN(Cc1cccnc1)C(=O)[C@@H]1CC(=O)N(C2CC2)C1. The fraction of sp³-hybridized carbons (Fsp3) is 0.409. The van der Waals surface area contributed by atoms with Crippen molar-refractivity contribution in [1.82, 2.24) is 14.8 Å². The summed E-state index contributed by atoms with van der Waals surface area (Å²) in [6.45, 7) is 1.43. The highest BCUT2D eigenvalue weighted by atomic mass is 16.5. The topological polar surface area (TPSA) is 62.7 Å². The van der Waals surface area contributed by atoms with Crippen LogP contribution in [0.5, 0.6) is 5.75 Å². The predicted molar refractivity (Wildman–Crippen MR) is 104 cm³/mol. The summed E-state index contributed by atoms with van der Waals surface area (Å²) in [5.41, 5.74) is 1.92. The van der Waals surface area contributed by atoms with Gasteiger partial charge in [-0.3, -0.25) is 14.6 Å². The first-order valence-electron chi connectivity index (χ1n) is 9.74. The predicted octanol–water partition coefficient (Wildman–Crippen LogP) is 2.63. The van der Waals surface area contributed by atoms with Gasteiger partial charge in [0.05, 0.1) is 13.0 Å². The van der Waals surface area contributed by atoms with Crippen LogP contribution in [0, 0.1) is 5.92 Å². The summed E-state index contributed by atoms with van der Waals surface area (Å²) in [6, 6.07) is 11.9. The van der Waals surface area contributed by atoms with Crippen molar-refractivity contribution < 1.29 is 14.3 Å². The van der Waals surface area contributed by atoms with Crippen LogP contribution in [0.2, 0.25) is 0 Å². The Morgan fingerprint density at radius 1 is 1.21 bits per heavy atom. The number of likely N-dealkylation sites (tertiary alicyclic amines) is 1. The second kappa shape index (κ2) is 8.00. The minimum atomic E-state index is -0.278. The maximum Gasteiger partial charge on any atom is 0.228 e. The van der Waals surface area contributed by atoms with Crippen LogP contribution < -0.4 is 4.74 Å². The Labute approximate surface area is 165 Å². The van der Waals surface area contributed by atoms with Crippen LogP contribution >= 0.6 is 0 Å². The molecule has 0 bridgehead atoms. The second-order valence-corrected chi connectivity index (χ2v) is 7.55. The molecular formula is C22H25N3O3. The van der Waals surface area contributed by atoms with Crippen molar-refractivity contribution in [1.29, 1.82) is 0 Å². The van der Waals surface area contributed by atoms with E-state index in [9.17, 15) is 9.59 Å². The van der Waals surface area contributed by atoms with Crippen LogP contribution in [0.25, 0.3) is 0 Å². The van der Waals surface area contributed by atoms with Gasteiger partial charge in [0.25, 0.3) is 0 Å². The number of hydrogen-bond acceptors (Lipinski definition) is 4. The Morgan fingerprint density at radius 2 is 2.04 bits per heavy atom. The van der Waals surface area contributed by atoms with E-state index in [1.54, 1.807) is 19.5 Å². The summed E-state index contributed by atoms with van der Waals surface area (Å²) in [5, 5.41) is 0. The molecule has 1 atom stereocenters. The molecule has 0 unspecified atom stereocenters. The highest BCUT2D eigenvalue weighted by molar-refractivity contribution is 5.89. The summed E-state index contributed by atoms with van der Waals surface area (Å²) in [6.07, 6.45) is 5.93. The van der Waals surface area contributed by atoms with Gasteiger partial charge >= 0.3 is 0 Å². The second-order valence-electron chi connectivity index (χ2n) is 7.55. The third-order valence-electron chi connectivity index (χ3n) is 5.46. The lowest BCUT2D eigenvalue weighted by atomic mass is 10.1. The molecule has 1 aromatic heterocycles. The highest BCUT2D eigenvalue weighted by Crippen LogP contribution is 2.33. The van der Waals surface area contributed by atoms with Crippen molar-refractivity contribution in [3.63, 3.8) is 0 Å². The van der Waals surface area contributed by atoms with Gasteiger partial charge in [-0.15, -0.1) is 0 Å². The van der Waals surface area contributed by atoms with E-state index in [1.165, 1.54) is 0 Å². The van der Waals surface area contributed by atoms with Crippen molar-refractivity contribution in [3.05, 3.63) is 59.9 Å². The zero-order valence-corrected chi connectivity index (χ0v) is 16.1. The molecule has 2 aliphatic rings. The molecule has 0 N–H and O–H groups in total. The summed E-state index contributed by atoms with van der Waals surface area (Å²) in [5.74, 6) is 0.610. The van der Waals surface area contributed by atoms with E-state index in [-0.39, 0.29) is 17.7 Å². The van der Waals surface area contributed by atoms with Gasteiger partial charge < -0.3 is 14.5 Å². The van der Waals surface area contributed by atoms with Crippen molar-refractivity contribution in [2.24, 2.45) is 5.92 Å². The number of nitrogens with zero attached hydrogens (tertiary/aromatic N) is 3. The number of carbonyl (C=O) groups excluding carboxylic acids is 2. The fourth-order valence-corrected chi connectivity index (χ4v) is 3.86. The number of pyridine rings is 1. The Balaban J connectivity index is 1.55. The Hall–Kier alpha value is -2.89. The third-order valence-corrected chi connectivity index (χ3v) is 5.46. The molecule has 2 heterocycles. The minimum Gasteiger partial charge on any atom is -0.496 e. The fourth-order valence-electron chi connectivity index (χ4n) is 3.86. The van der Waals surface area contributed by atoms with Gasteiger partial charge in [0.1, 0.15) is 5.75 Å². The lowest BCUT2D eigenvalue weighted by Crippen LogP contribution is -2.37. The van der Waals surface area contributed by atoms with E-state index in [0.29, 0.717) is 32.1 Å². The van der Waals surface area contributed by atoms with Crippen LogP contribution in [-0.4, -0.2) is 46.3 Å². The first-order valence-corrected chi connectivity index (χ1v) is 9.74. The molecule has 2 amide bonds. The molecule has 4 rings (SSSR count). The monoisotopic (exact) mass is 379 g/mol. The smallest absolute Gasteiger partial charge is 0.228 e. The molecule has 2 fully saturated rings. The summed E-state index contributed by atoms with van der Waals surface area (Å²) >= 11 is 0. The molecular weight excluding hydrogens is 354 g/mol. The average molecular weight is 379 g/mol. The number of para-hydroxylation sites is 1. The quantitative estimate of drug-likeness (QED) is 0.742. The maximum absolute atomic E-state index is 13.4. The first kappa shape index (κ1) is 18.5. The van der Waals surface area contributed by atoms with Gasteiger partial charge in [0.2, 0.25) is 11.8 Å². The molecule has 2 aromatic rings. The van der Waals surface area contributed by atoms with Crippen LogP contribution in [0.4, 0.5) is 0 Å². The molecule has 28 heavy (non-hydrogen) atoms. The highest BCUT2D eigenvalue weighted by Gasteiger charge is 2.42. The molecule has 6 heteroatoms. The van der Waals surface area contributed by atoms with E-state index >= 15 is 0 Å². The largest absolute Gasteiger partial charge is 0.496 e. The zero-order chi connectivity index (χ0) is 19.5. The van der Waals surface area contributed by atoms with E-state index < -0.39 is 0 Å². The normalized spacial score (nSPS) is 19.0. The van der Waals surface area contributed by atoms with Crippen molar-refractivity contribution >= 4 is 11.8 Å².